The molecule has 0 aromatic heterocycles. The third-order valence-corrected chi connectivity index (χ3v) is 6.63. The molecule has 2 nitrogen and oxygen atoms in total. The van der Waals surface area contributed by atoms with Gasteiger partial charge in [-0.2, -0.15) is 0 Å². The molecular weight excluding hydrogens is 250 g/mol. The van der Waals surface area contributed by atoms with Crippen LogP contribution in [0.3, 0.4) is 0 Å². The molecule has 1 saturated carbocycles. The van der Waals surface area contributed by atoms with Crippen molar-refractivity contribution in [2.75, 3.05) is 5.75 Å². The van der Waals surface area contributed by atoms with Gasteiger partial charge in [0.15, 0.2) is 0 Å². The molecule has 1 atom stereocenters. The fourth-order valence-corrected chi connectivity index (χ4v) is 5.62. The molecule has 0 bridgehead atoms. The SMILES string of the molecule is O=C(CCCCC1CCSS1)NC1CCCC1. The van der Waals surface area contributed by atoms with Crippen molar-refractivity contribution in [3.8, 4) is 0 Å². The summed E-state index contributed by atoms with van der Waals surface area (Å²) in [6.45, 7) is 0. The summed E-state index contributed by atoms with van der Waals surface area (Å²) < 4.78 is 0. The maximum Gasteiger partial charge on any atom is 0.220 e. The maximum absolute atomic E-state index is 11.7. The van der Waals surface area contributed by atoms with Crippen LogP contribution in [0.2, 0.25) is 0 Å². The van der Waals surface area contributed by atoms with Gasteiger partial charge in [0.1, 0.15) is 0 Å². The molecule has 1 aliphatic heterocycles. The van der Waals surface area contributed by atoms with Gasteiger partial charge < -0.3 is 5.32 Å². The number of carbonyl (C=O) groups is 1. The Labute approximate surface area is 112 Å². The third-order valence-electron chi connectivity index (χ3n) is 3.63. The molecule has 17 heavy (non-hydrogen) atoms. The van der Waals surface area contributed by atoms with Crippen molar-refractivity contribution < 1.29 is 4.79 Å². The largest absolute Gasteiger partial charge is 0.353 e. The topological polar surface area (TPSA) is 29.1 Å². The second kappa shape index (κ2) is 7.57. The van der Waals surface area contributed by atoms with Crippen LogP contribution in [0, 0.1) is 0 Å². The quantitative estimate of drug-likeness (QED) is 0.590. The summed E-state index contributed by atoms with van der Waals surface area (Å²) in [4.78, 5) is 11.7. The van der Waals surface area contributed by atoms with Gasteiger partial charge in [-0.15, -0.1) is 0 Å². The van der Waals surface area contributed by atoms with Gasteiger partial charge in [0.05, 0.1) is 0 Å². The summed E-state index contributed by atoms with van der Waals surface area (Å²) in [5.41, 5.74) is 0. The average molecular weight is 273 g/mol. The average Bonchev–Trinajstić information content (AvgIpc) is 2.96. The lowest BCUT2D eigenvalue weighted by Crippen LogP contribution is -2.32. The Balaban J connectivity index is 1.47. The van der Waals surface area contributed by atoms with Gasteiger partial charge in [-0.3, -0.25) is 4.79 Å². The van der Waals surface area contributed by atoms with Gasteiger partial charge in [0.2, 0.25) is 5.91 Å². The fourth-order valence-electron chi connectivity index (χ4n) is 2.59. The van der Waals surface area contributed by atoms with Crippen molar-refractivity contribution in [1.29, 1.82) is 0 Å². The Morgan fingerprint density at radius 1 is 1.18 bits per heavy atom. The zero-order valence-corrected chi connectivity index (χ0v) is 12.1. The first-order valence-corrected chi connectivity index (χ1v) is 9.30. The Bertz CT molecular complexity index is 236. The molecular formula is C13H23NOS2. The molecule has 2 rings (SSSR count). The van der Waals surface area contributed by atoms with E-state index in [1.165, 1.54) is 50.7 Å². The summed E-state index contributed by atoms with van der Waals surface area (Å²) in [5.74, 6) is 1.60. The molecule has 0 spiro atoms. The Kier molecular flexibility index (Phi) is 6.06. The van der Waals surface area contributed by atoms with Crippen LogP contribution in [-0.2, 0) is 4.79 Å². The molecule has 1 unspecified atom stereocenters. The van der Waals surface area contributed by atoms with E-state index in [2.05, 4.69) is 5.32 Å². The molecule has 4 heteroatoms. The van der Waals surface area contributed by atoms with Crippen LogP contribution >= 0.6 is 21.6 Å². The van der Waals surface area contributed by atoms with Crippen LogP contribution in [0.15, 0.2) is 0 Å². The van der Waals surface area contributed by atoms with E-state index in [9.17, 15) is 4.79 Å². The number of unbranched alkanes of at least 4 members (excludes halogenated alkanes) is 1. The van der Waals surface area contributed by atoms with Crippen molar-refractivity contribution in [3.63, 3.8) is 0 Å². The first-order valence-electron chi connectivity index (χ1n) is 6.92. The van der Waals surface area contributed by atoms with Gasteiger partial charge >= 0.3 is 0 Å². The molecule has 1 N–H and O–H groups in total. The molecule has 1 saturated heterocycles. The number of nitrogens with one attached hydrogen (secondary N) is 1. The number of rotatable bonds is 6. The second-order valence-electron chi connectivity index (χ2n) is 5.12. The third kappa shape index (κ3) is 5.12. The lowest BCUT2D eigenvalue weighted by atomic mass is 10.1. The smallest absolute Gasteiger partial charge is 0.220 e. The molecule has 1 heterocycles. The molecule has 1 amide bonds. The minimum Gasteiger partial charge on any atom is -0.353 e. The van der Waals surface area contributed by atoms with Crippen molar-refractivity contribution in [3.05, 3.63) is 0 Å². The monoisotopic (exact) mass is 273 g/mol. The lowest BCUT2D eigenvalue weighted by molar-refractivity contribution is -0.121. The molecule has 98 valence electrons. The minimum atomic E-state index is 0.283. The van der Waals surface area contributed by atoms with E-state index in [1.54, 1.807) is 0 Å². The first-order chi connectivity index (χ1) is 8.34. The van der Waals surface area contributed by atoms with E-state index in [4.69, 9.17) is 0 Å². The normalized spacial score (nSPS) is 25.3. The van der Waals surface area contributed by atoms with Crippen LogP contribution < -0.4 is 5.32 Å². The van der Waals surface area contributed by atoms with Gasteiger partial charge in [-0.05, 0) is 32.1 Å². The lowest BCUT2D eigenvalue weighted by Gasteiger charge is -2.12. The zero-order chi connectivity index (χ0) is 11.9. The first kappa shape index (κ1) is 13.6. The predicted octanol–water partition coefficient (Wildman–Crippen LogP) is 3.76. The summed E-state index contributed by atoms with van der Waals surface area (Å²) in [5, 5.41) is 4.02. The van der Waals surface area contributed by atoms with Gasteiger partial charge in [-0.25, -0.2) is 0 Å². The highest BCUT2D eigenvalue weighted by atomic mass is 33.1. The zero-order valence-electron chi connectivity index (χ0n) is 10.5. The Morgan fingerprint density at radius 2 is 2.00 bits per heavy atom. The maximum atomic E-state index is 11.7. The summed E-state index contributed by atoms with van der Waals surface area (Å²) in [6.07, 6.45) is 10.7. The molecule has 0 aromatic carbocycles. The second-order valence-corrected chi connectivity index (χ2v) is 7.91. The van der Waals surface area contributed by atoms with E-state index in [0.29, 0.717) is 6.04 Å². The van der Waals surface area contributed by atoms with Crippen LogP contribution in [0.5, 0.6) is 0 Å². The molecule has 0 radical (unpaired) electrons. The van der Waals surface area contributed by atoms with Gasteiger partial charge in [-0.1, -0.05) is 40.9 Å². The van der Waals surface area contributed by atoms with E-state index in [0.717, 1.165) is 18.1 Å². The van der Waals surface area contributed by atoms with Crippen molar-refractivity contribution in [2.24, 2.45) is 0 Å². The molecule has 2 aliphatic rings. The number of hydrogen-bond donors (Lipinski definition) is 1. The number of carbonyl (C=O) groups excluding carboxylic acids is 1. The standard InChI is InChI=1S/C13H23NOS2/c15-13(14-11-5-1-2-6-11)8-4-3-7-12-9-10-16-17-12/h11-12H,1-10H2,(H,14,15). The van der Waals surface area contributed by atoms with Crippen LogP contribution in [0.1, 0.15) is 57.8 Å². The number of amides is 1. The van der Waals surface area contributed by atoms with Gasteiger partial charge in [0.25, 0.3) is 0 Å². The molecule has 0 aromatic rings. The molecule has 2 fully saturated rings. The van der Waals surface area contributed by atoms with Crippen LogP contribution in [0.4, 0.5) is 0 Å². The van der Waals surface area contributed by atoms with E-state index in [1.807, 2.05) is 21.6 Å². The summed E-state index contributed by atoms with van der Waals surface area (Å²) in [7, 11) is 4.05. The van der Waals surface area contributed by atoms with Crippen molar-refractivity contribution in [2.45, 2.75) is 69.1 Å². The van der Waals surface area contributed by atoms with Crippen molar-refractivity contribution in [1.82, 2.24) is 5.32 Å². The van der Waals surface area contributed by atoms with Gasteiger partial charge in [0, 0.05) is 23.5 Å². The number of hydrogen-bond acceptors (Lipinski definition) is 3. The van der Waals surface area contributed by atoms with E-state index < -0.39 is 0 Å². The van der Waals surface area contributed by atoms with Crippen LogP contribution in [-0.4, -0.2) is 23.0 Å². The highest BCUT2D eigenvalue weighted by Gasteiger charge is 2.18. The molecule has 1 aliphatic carbocycles. The Morgan fingerprint density at radius 3 is 2.71 bits per heavy atom. The Hall–Kier alpha value is 0.170. The minimum absolute atomic E-state index is 0.283. The summed E-state index contributed by atoms with van der Waals surface area (Å²) in [6, 6.07) is 0.490. The summed E-state index contributed by atoms with van der Waals surface area (Å²) >= 11 is 0. The predicted molar refractivity (Wildman–Crippen MR) is 77.3 cm³/mol. The van der Waals surface area contributed by atoms with Crippen molar-refractivity contribution >= 4 is 27.5 Å². The van der Waals surface area contributed by atoms with Crippen LogP contribution in [0.25, 0.3) is 0 Å². The highest BCUT2D eigenvalue weighted by molar-refractivity contribution is 8.77. The van der Waals surface area contributed by atoms with E-state index >= 15 is 0 Å². The van der Waals surface area contributed by atoms with E-state index in [-0.39, 0.29) is 5.91 Å². The fraction of sp³-hybridized carbons (Fsp3) is 0.923. The highest BCUT2D eigenvalue weighted by Crippen LogP contribution is 2.39.